The second-order valence-electron chi connectivity index (χ2n) is 14.2. The highest BCUT2D eigenvalue weighted by Crippen LogP contribution is 2.51. The highest BCUT2D eigenvalue weighted by molar-refractivity contribution is 6.10. The van der Waals surface area contributed by atoms with E-state index in [0.717, 1.165) is 33.9 Å². The normalized spacial score (nSPS) is 13.0. The minimum atomic E-state index is -0.241. The fourth-order valence-corrected chi connectivity index (χ4v) is 8.27. The number of nitrogens with zero attached hydrogens (tertiary/aromatic N) is 3. The third kappa shape index (κ3) is 4.74. The number of fused-ring (bicyclic) bond motifs is 6. The summed E-state index contributed by atoms with van der Waals surface area (Å²) < 4.78 is 2.36. The van der Waals surface area contributed by atoms with Gasteiger partial charge >= 0.3 is 0 Å². The molecule has 10 rings (SSSR count). The van der Waals surface area contributed by atoms with Gasteiger partial charge in [0.2, 0.25) is 0 Å². The molecule has 0 bridgehead atoms. The largest absolute Gasteiger partial charge is 0.309 e. The molecule has 7 aromatic carbocycles. The van der Waals surface area contributed by atoms with Gasteiger partial charge in [-0.05, 0) is 70.3 Å². The number of rotatable bonds is 5. The zero-order valence-electron chi connectivity index (χ0n) is 29.1. The van der Waals surface area contributed by atoms with Gasteiger partial charge in [-0.3, -0.25) is 0 Å². The van der Waals surface area contributed by atoms with E-state index in [1.165, 1.54) is 60.9 Å². The van der Waals surface area contributed by atoms with Crippen molar-refractivity contribution < 1.29 is 0 Å². The summed E-state index contributed by atoms with van der Waals surface area (Å²) in [5.41, 5.74) is 15.8. The van der Waals surface area contributed by atoms with Crippen LogP contribution in [0.25, 0.3) is 83.6 Å². The zero-order valence-corrected chi connectivity index (χ0v) is 29.1. The Morgan fingerprint density at radius 3 is 1.75 bits per heavy atom. The summed E-state index contributed by atoms with van der Waals surface area (Å²) in [6.45, 7) is 4.60. The van der Waals surface area contributed by atoms with Gasteiger partial charge < -0.3 is 4.57 Å². The molecule has 0 atom stereocenters. The van der Waals surface area contributed by atoms with Crippen LogP contribution < -0.4 is 0 Å². The molecule has 1 aliphatic carbocycles. The molecule has 9 aromatic rings. The molecule has 0 saturated carbocycles. The molecule has 246 valence electrons. The van der Waals surface area contributed by atoms with E-state index in [1.807, 2.05) is 6.07 Å². The topological polar surface area (TPSA) is 30.7 Å². The van der Waals surface area contributed by atoms with Crippen LogP contribution in [0.4, 0.5) is 0 Å². The summed E-state index contributed by atoms with van der Waals surface area (Å²) in [4.78, 5) is 10.5. The highest BCUT2D eigenvalue weighted by Gasteiger charge is 2.40. The molecular formula is C49H35N3. The predicted octanol–water partition coefficient (Wildman–Crippen LogP) is 12.5. The Morgan fingerprint density at radius 1 is 0.423 bits per heavy atom. The first-order chi connectivity index (χ1) is 25.5. The summed E-state index contributed by atoms with van der Waals surface area (Å²) in [6, 6.07) is 63.0. The minimum absolute atomic E-state index is 0.241. The molecule has 1 aliphatic rings. The van der Waals surface area contributed by atoms with E-state index in [2.05, 4.69) is 188 Å². The van der Waals surface area contributed by atoms with Crippen molar-refractivity contribution in [3.8, 4) is 61.8 Å². The van der Waals surface area contributed by atoms with Crippen molar-refractivity contribution in [2.24, 2.45) is 0 Å². The third-order valence-corrected chi connectivity index (χ3v) is 10.8. The van der Waals surface area contributed by atoms with Gasteiger partial charge in [0.1, 0.15) is 0 Å². The second kappa shape index (κ2) is 11.8. The van der Waals surface area contributed by atoms with E-state index in [4.69, 9.17) is 9.97 Å². The number of benzene rings is 7. The predicted molar refractivity (Wildman–Crippen MR) is 216 cm³/mol. The maximum atomic E-state index is 5.33. The fourth-order valence-electron chi connectivity index (χ4n) is 8.27. The van der Waals surface area contributed by atoms with E-state index >= 15 is 0 Å². The van der Waals surface area contributed by atoms with Gasteiger partial charge in [0.25, 0.3) is 0 Å². The molecule has 2 aromatic heterocycles. The molecule has 3 nitrogen and oxygen atoms in total. The van der Waals surface area contributed by atoms with Crippen LogP contribution in [-0.4, -0.2) is 14.5 Å². The van der Waals surface area contributed by atoms with Gasteiger partial charge in [0.05, 0.1) is 22.4 Å². The Bertz CT molecular complexity index is 2810. The van der Waals surface area contributed by atoms with Crippen molar-refractivity contribution >= 4 is 21.8 Å². The van der Waals surface area contributed by atoms with Crippen LogP contribution in [0.15, 0.2) is 176 Å². The molecule has 3 heteroatoms. The summed E-state index contributed by atoms with van der Waals surface area (Å²) >= 11 is 0. The lowest BCUT2D eigenvalue weighted by atomic mass is 9.80. The zero-order chi connectivity index (χ0) is 34.8. The smallest absolute Gasteiger partial charge is 0.160 e. The van der Waals surface area contributed by atoms with E-state index < -0.39 is 0 Å². The summed E-state index contributed by atoms with van der Waals surface area (Å²) in [6.07, 6.45) is 0. The standard InChI is InChI=1S/C49H35N3/c1-49(2)42-25-11-9-24-40(42)47-45(49)46(50-48(51-47)32-15-5-3-6-16-32)37-20-14-19-35(30-37)33-17-13-18-34(29-33)36-27-28-44-41(31-36)39-23-10-12-26-43(39)52(44)38-21-7-4-8-22-38/h3-31H,1-2H3. The van der Waals surface area contributed by atoms with Gasteiger partial charge in [-0.2, -0.15) is 0 Å². The SMILES string of the molecule is CC1(C)c2ccccc2-c2nc(-c3ccccc3)nc(-c3cccc(-c4cccc(-c5ccc6c(c5)c5ccccc5n6-c5ccccc5)c4)c3)c21. The van der Waals surface area contributed by atoms with Crippen LogP contribution in [0.5, 0.6) is 0 Å². The quantitative estimate of drug-likeness (QED) is 0.183. The van der Waals surface area contributed by atoms with Crippen LogP contribution in [0.1, 0.15) is 25.0 Å². The Hall–Kier alpha value is -6.58. The van der Waals surface area contributed by atoms with Crippen molar-refractivity contribution in [3.63, 3.8) is 0 Å². The Labute approximate surface area is 303 Å². The number of aromatic nitrogens is 3. The molecule has 0 saturated heterocycles. The van der Waals surface area contributed by atoms with Crippen LogP contribution >= 0.6 is 0 Å². The molecule has 0 fully saturated rings. The van der Waals surface area contributed by atoms with Gasteiger partial charge in [0.15, 0.2) is 5.82 Å². The molecule has 0 aliphatic heterocycles. The molecule has 2 heterocycles. The van der Waals surface area contributed by atoms with Crippen molar-refractivity contribution in [1.82, 2.24) is 14.5 Å². The molecule has 0 spiro atoms. The maximum Gasteiger partial charge on any atom is 0.160 e. The van der Waals surface area contributed by atoms with E-state index in [-0.39, 0.29) is 5.41 Å². The number of hydrogen-bond acceptors (Lipinski definition) is 2. The first kappa shape index (κ1) is 30.3. The second-order valence-corrected chi connectivity index (χ2v) is 14.2. The Morgan fingerprint density at radius 2 is 0.981 bits per heavy atom. The average molecular weight is 666 g/mol. The molecule has 0 N–H and O–H groups in total. The van der Waals surface area contributed by atoms with E-state index in [9.17, 15) is 0 Å². The first-order valence-corrected chi connectivity index (χ1v) is 17.9. The number of hydrogen-bond donors (Lipinski definition) is 0. The first-order valence-electron chi connectivity index (χ1n) is 17.9. The van der Waals surface area contributed by atoms with E-state index in [1.54, 1.807) is 0 Å². The summed E-state index contributed by atoms with van der Waals surface area (Å²) in [5, 5.41) is 2.50. The van der Waals surface area contributed by atoms with Crippen LogP contribution in [0.3, 0.4) is 0 Å². The van der Waals surface area contributed by atoms with Gasteiger partial charge in [-0.25, -0.2) is 9.97 Å². The van der Waals surface area contributed by atoms with Gasteiger partial charge in [0, 0.05) is 44.1 Å². The van der Waals surface area contributed by atoms with Crippen LogP contribution in [0, 0.1) is 0 Å². The Balaban J connectivity index is 1.09. The molecule has 52 heavy (non-hydrogen) atoms. The van der Waals surface area contributed by atoms with Crippen LogP contribution in [0.2, 0.25) is 0 Å². The van der Waals surface area contributed by atoms with Gasteiger partial charge in [-0.1, -0.05) is 147 Å². The molecular weight excluding hydrogens is 631 g/mol. The molecule has 0 amide bonds. The van der Waals surface area contributed by atoms with E-state index in [0.29, 0.717) is 0 Å². The van der Waals surface area contributed by atoms with Crippen molar-refractivity contribution in [2.45, 2.75) is 19.3 Å². The van der Waals surface area contributed by atoms with Gasteiger partial charge in [-0.15, -0.1) is 0 Å². The van der Waals surface area contributed by atoms with Crippen molar-refractivity contribution in [2.75, 3.05) is 0 Å². The summed E-state index contributed by atoms with van der Waals surface area (Å²) in [7, 11) is 0. The lowest BCUT2D eigenvalue weighted by molar-refractivity contribution is 0.658. The van der Waals surface area contributed by atoms with Crippen LogP contribution in [-0.2, 0) is 5.41 Å². The Kier molecular flexibility index (Phi) is 6.84. The number of para-hydroxylation sites is 2. The fraction of sp³-hybridized carbons (Fsp3) is 0.0612. The average Bonchev–Trinajstić information content (AvgIpc) is 3.66. The lowest BCUT2D eigenvalue weighted by Gasteiger charge is -2.24. The lowest BCUT2D eigenvalue weighted by Crippen LogP contribution is -2.17. The molecule has 0 radical (unpaired) electrons. The molecule has 0 unspecified atom stereocenters. The maximum absolute atomic E-state index is 5.33. The third-order valence-electron chi connectivity index (χ3n) is 10.8. The minimum Gasteiger partial charge on any atom is -0.309 e. The van der Waals surface area contributed by atoms with Crippen molar-refractivity contribution in [1.29, 1.82) is 0 Å². The summed E-state index contributed by atoms with van der Waals surface area (Å²) in [5.74, 6) is 0.748. The van der Waals surface area contributed by atoms with Crippen molar-refractivity contribution in [3.05, 3.63) is 187 Å². The monoisotopic (exact) mass is 665 g/mol. The highest BCUT2D eigenvalue weighted by atomic mass is 15.0.